The van der Waals surface area contributed by atoms with Crippen LogP contribution < -0.4 is 25.5 Å². The predicted molar refractivity (Wildman–Crippen MR) is 78.1 cm³/mol. The Hall–Kier alpha value is -1.46. The van der Waals surface area contributed by atoms with E-state index in [4.69, 9.17) is 20.1 Å². The molecular formula is C15H24N2O3. The lowest BCUT2D eigenvalue weighted by Crippen LogP contribution is -2.28. The highest BCUT2D eigenvalue weighted by atomic mass is 16.5. The molecule has 1 unspecified atom stereocenters. The van der Waals surface area contributed by atoms with Gasteiger partial charge < -0.3 is 14.2 Å². The number of methoxy groups -OCH3 is 3. The molecule has 1 aliphatic rings. The number of hydrazine groups is 1. The van der Waals surface area contributed by atoms with Crippen molar-refractivity contribution >= 4 is 0 Å². The summed E-state index contributed by atoms with van der Waals surface area (Å²) in [6, 6.07) is 3.93. The minimum atomic E-state index is 0.0605. The van der Waals surface area contributed by atoms with Gasteiger partial charge in [-0.1, -0.05) is 12.8 Å². The monoisotopic (exact) mass is 280 g/mol. The number of benzene rings is 1. The first-order valence-corrected chi connectivity index (χ1v) is 7.00. The Morgan fingerprint density at radius 2 is 1.85 bits per heavy atom. The Bertz CT molecular complexity index is 447. The van der Waals surface area contributed by atoms with Crippen LogP contribution in [0.25, 0.3) is 0 Å². The Balaban J connectivity index is 2.27. The molecule has 1 aromatic carbocycles. The van der Waals surface area contributed by atoms with Gasteiger partial charge in [0.1, 0.15) is 0 Å². The maximum absolute atomic E-state index is 5.72. The van der Waals surface area contributed by atoms with E-state index in [-0.39, 0.29) is 6.04 Å². The third-order valence-electron chi connectivity index (χ3n) is 3.87. The van der Waals surface area contributed by atoms with Gasteiger partial charge in [0.05, 0.1) is 21.3 Å². The van der Waals surface area contributed by atoms with Crippen LogP contribution in [0.4, 0.5) is 0 Å². The molecule has 1 atom stereocenters. The van der Waals surface area contributed by atoms with Gasteiger partial charge in [-0.3, -0.25) is 11.3 Å². The van der Waals surface area contributed by atoms with Crippen LogP contribution >= 0.6 is 0 Å². The molecule has 0 saturated heterocycles. The zero-order valence-electron chi connectivity index (χ0n) is 12.4. The maximum atomic E-state index is 5.72. The molecule has 1 fully saturated rings. The van der Waals surface area contributed by atoms with E-state index >= 15 is 0 Å². The summed E-state index contributed by atoms with van der Waals surface area (Å²) in [5, 5.41) is 0. The number of hydrogen-bond acceptors (Lipinski definition) is 5. The van der Waals surface area contributed by atoms with Crippen molar-refractivity contribution in [2.24, 2.45) is 11.8 Å². The Morgan fingerprint density at radius 1 is 1.15 bits per heavy atom. The molecule has 5 heteroatoms. The smallest absolute Gasteiger partial charge is 0.203 e. The summed E-state index contributed by atoms with van der Waals surface area (Å²) in [6.45, 7) is 0. The lowest BCUT2D eigenvalue weighted by atomic mass is 9.99. The molecule has 112 valence electrons. The van der Waals surface area contributed by atoms with Gasteiger partial charge in [-0.25, -0.2) is 0 Å². The summed E-state index contributed by atoms with van der Waals surface area (Å²) < 4.78 is 16.2. The molecular weight excluding hydrogens is 256 g/mol. The largest absolute Gasteiger partial charge is 0.493 e. The van der Waals surface area contributed by atoms with Gasteiger partial charge in [0.15, 0.2) is 11.5 Å². The van der Waals surface area contributed by atoms with Gasteiger partial charge in [-0.05, 0) is 30.9 Å². The van der Waals surface area contributed by atoms with Crippen molar-refractivity contribution in [3.05, 3.63) is 17.7 Å². The van der Waals surface area contributed by atoms with E-state index in [0.29, 0.717) is 17.2 Å². The Kier molecular flexibility index (Phi) is 5.09. The molecule has 3 N–H and O–H groups in total. The Labute approximate surface area is 120 Å². The van der Waals surface area contributed by atoms with Crippen LogP contribution in [-0.2, 0) is 0 Å². The van der Waals surface area contributed by atoms with Gasteiger partial charge >= 0.3 is 0 Å². The second-order valence-corrected chi connectivity index (χ2v) is 5.16. The molecule has 1 aliphatic carbocycles. The van der Waals surface area contributed by atoms with Crippen molar-refractivity contribution < 1.29 is 14.2 Å². The van der Waals surface area contributed by atoms with Gasteiger partial charge in [0, 0.05) is 11.6 Å². The number of nitrogens with two attached hydrogens (primary N) is 1. The molecule has 1 aromatic rings. The van der Waals surface area contributed by atoms with Crippen LogP contribution in [-0.4, -0.2) is 21.3 Å². The van der Waals surface area contributed by atoms with E-state index in [1.54, 1.807) is 21.3 Å². The molecule has 0 aromatic heterocycles. The molecule has 1 saturated carbocycles. The van der Waals surface area contributed by atoms with Crippen molar-refractivity contribution in [2.75, 3.05) is 21.3 Å². The first-order chi connectivity index (χ1) is 9.74. The number of hydrogen-bond donors (Lipinski definition) is 2. The van der Waals surface area contributed by atoms with E-state index in [2.05, 4.69) is 5.43 Å². The van der Waals surface area contributed by atoms with Gasteiger partial charge in [-0.15, -0.1) is 0 Å². The first-order valence-electron chi connectivity index (χ1n) is 7.00. The zero-order chi connectivity index (χ0) is 14.5. The van der Waals surface area contributed by atoms with Crippen LogP contribution in [0, 0.1) is 5.92 Å². The van der Waals surface area contributed by atoms with E-state index < -0.39 is 0 Å². The summed E-state index contributed by atoms with van der Waals surface area (Å²) in [7, 11) is 4.86. The van der Waals surface area contributed by atoms with Gasteiger partial charge in [0.2, 0.25) is 5.75 Å². The highest BCUT2D eigenvalue weighted by Gasteiger charge is 2.25. The molecule has 0 radical (unpaired) electrons. The average Bonchev–Trinajstić information content (AvgIpc) is 3.31. The second kappa shape index (κ2) is 6.81. The van der Waals surface area contributed by atoms with E-state index in [1.165, 1.54) is 19.3 Å². The minimum absolute atomic E-state index is 0.0605. The third-order valence-corrected chi connectivity index (χ3v) is 3.87. The van der Waals surface area contributed by atoms with Gasteiger partial charge in [0.25, 0.3) is 0 Å². The topological polar surface area (TPSA) is 65.7 Å². The van der Waals surface area contributed by atoms with Crippen molar-refractivity contribution in [1.29, 1.82) is 0 Å². The third kappa shape index (κ3) is 3.16. The zero-order valence-corrected chi connectivity index (χ0v) is 12.4. The van der Waals surface area contributed by atoms with Crippen molar-refractivity contribution in [3.8, 4) is 17.2 Å². The van der Waals surface area contributed by atoms with Crippen LogP contribution in [0.15, 0.2) is 12.1 Å². The normalized spacial score (nSPS) is 15.8. The quantitative estimate of drug-likeness (QED) is 0.565. The summed E-state index contributed by atoms with van der Waals surface area (Å²) >= 11 is 0. The van der Waals surface area contributed by atoms with Crippen molar-refractivity contribution in [1.82, 2.24) is 5.43 Å². The number of nitrogens with one attached hydrogen (secondary N) is 1. The molecule has 0 aliphatic heterocycles. The molecule has 20 heavy (non-hydrogen) atoms. The number of ether oxygens (including phenoxy) is 3. The highest BCUT2D eigenvalue weighted by Crippen LogP contribution is 2.44. The SMILES string of the molecule is COc1ccc(C(CCC2CC2)NN)c(OC)c1OC. The van der Waals surface area contributed by atoms with Crippen molar-refractivity contribution in [2.45, 2.75) is 31.7 Å². The standard InChI is InChI=1S/C15H24N2O3/c1-18-13-9-7-11(14(19-2)15(13)20-3)12(17-16)8-6-10-4-5-10/h7,9-10,12,17H,4-6,8,16H2,1-3H3. The van der Waals surface area contributed by atoms with E-state index in [0.717, 1.165) is 17.9 Å². The lowest BCUT2D eigenvalue weighted by molar-refractivity contribution is 0.318. The maximum Gasteiger partial charge on any atom is 0.203 e. The molecule has 0 bridgehead atoms. The van der Waals surface area contributed by atoms with E-state index in [9.17, 15) is 0 Å². The number of rotatable bonds is 8. The summed E-state index contributed by atoms with van der Waals surface area (Å²) in [5.41, 5.74) is 3.90. The van der Waals surface area contributed by atoms with Gasteiger partial charge in [-0.2, -0.15) is 0 Å². The molecule has 0 spiro atoms. The van der Waals surface area contributed by atoms with Crippen molar-refractivity contribution in [3.63, 3.8) is 0 Å². The lowest BCUT2D eigenvalue weighted by Gasteiger charge is -2.21. The van der Waals surface area contributed by atoms with Crippen LogP contribution in [0.2, 0.25) is 0 Å². The Morgan fingerprint density at radius 3 is 2.35 bits per heavy atom. The van der Waals surface area contributed by atoms with Crippen LogP contribution in [0.3, 0.4) is 0 Å². The predicted octanol–water partition coefficient (Wildman–Crippen LogP) is 2.41. The second-order valence-electron chi connectivity index (χ2n) is 5.16. The van der Waals surface area contributed by atoms with Crippen LogP contribution in [0.5, 0.6) is 17.2 Å². The molecule has 2 rings (SSSR count). The summed E-state index contributed by atoms with van der Waals surface area (Å²) in [4.78, 5) is 0. The minimum Gasteiger partial charge on any atom is -0.493 e. The fourth-order valence-electron chi connectivity index (χ4n) is 2.54. The summed E-state index contributed by atoms with van der Waals surface area (Å²) in [6.07, 6.45) is 4.88. The fraction of sp³-hybridized carbons (Fsp3) is 0.600. The fourth-order valence-corrected chi connectivity index (χ4v) is 2.54. The van der Waals surface area contributed by atoms with Crippen LogP contribution in [0.1, 0.15) is 37.3 Å². The first kappa shape index (κ1) is 14.9. The van der Waals surface area contributed by atoms with E-state index in [1.807, 2.05) is 12.1 Å². The highest BCUT2D eigenvalue weighted by molar-refractivity contribution is 5.56. The molecule has 0 heterocycles. The molecule has 0 amide bonds. The molecule has 5 nitrogen and oxygen atoms in total. The average molecular weight is 280 g/mol. The summed E-state index contributed by atoms with van der Waals surface area (Å²) in [5.74, 6) is 8.55.